The van der Waals surface area contributed by atoms with Crippen molar-refractivity contribution in [2.45, 2.75) is 58.9 Å². The average Bonchev–Trinajstić information content (AvgIpc) is 2.42. The van der Waals surface area contributed by atoms with Gasteiger partial charge in [-0.25, -0.2) is 0 Å². The van der Waals surface area contributed by atoms with E-state index in [1.54, 1.807) is 0 Å². The summed E-state index contributed by atoms with van der Waals surface area (Å²) >= 11 is 0. The molecule has 3 nitrogen and oxygen atoms in total. The van der Waals surface area contributed by atoms with E-state index in [4.69, 9.17) is 9.47 Å². The van der Waals surface area contributed by atoms with Crippen LogP contribution in [0.1, 0.15) is 38.3 Å². The van der Waals surface area contributed by atoms with Crippen molar-refractivity contribution in [3.8, 4) is 11.5 Å². The van der Waals surface area contributed by atoms with Gasteiger partial charge in [-0.05, 0) is 44.9 Å². The molecule has 0 aliphatic heterocycles. The number of benzene rings is 1. The normalized spacial score (nSPS) is 11.6. The highest BCUT2D eigenvalue weighted by Gasteiger charge is 2.15. The van der Waals surface area contributed by atoms with Crippen LogP contribution in [-0.2, 0) is 20.7 Å². The van der Waals surface area contributed by atoms with Crippen molar-refractivity contribution in [2.75, 3.05) is 13.2 Å². The maximum Gasteiger partial charge on any atom is 0.308 e. The Hall–Kier alpha value is -1.57. The molecule has 0 unspecified atom stereocenters. The third-order valence-electron chi connectivity index (χ3n) is 2.91. The first-order chi connectivity index (χ1) is 11.1. The maximum atomic E-state index is 11.6. The van der Waals surface area contributed by atoms with E-state index in [9.17, 15) is 4.79 Å². The van der Waals surface area contributed by atoms with Crippen molar-refractivity contribution >= 4 is 14.0 Å². The van der Waals surface area contributed by atoms with Crippen LogP contribution in [0.3, 0.4) is 0 Å². The van der Waals surface area contributed by atoms with E-state index in [-0.39, 0.29) is 5.97 Å². The van der Waals surface area contributed by atoms with Crippen molar-refractivity contribution in [3.63, 3.8) is 0 Å². The van der Waals surface area contributed by atoms with Crippen LogP contribution in [-0.4, -0.2) is 32.9 Å². The van der Waals surface area contributed by atoms with Gasteiger partial charge in [-0.1, -0.05) is 37.7 Å². The molecule has 0 bridgehead atoms. The minimum Gasteiger partial charge on any atom is -0.460 e. The lowest BCUT2D eigenvalue weighted by molar-refractivity contribution is -0.156. The van der Waals surface area contributed by atoms with Crippen LogP contribution in [0.25, 0.3) is 0 Å². The fraction of sp³-hybridized carbons (Fsp3) is 0.550. The summed E-state index contributed by atoms with van der Waals surface area (Å²) in [5.41, 5.74) is 5.21. The number of rotatable bonds is 6. The van der Waals surface area contributed by atoms with E-state index < -0.39 is 13.7 Å². The Bertz CT molecular complexity index is 598. The fourth-order valence-electron chi connectivity index (χ4n) is 1.90. The summed E-state index contributed by atoms with van der Waals surface area (Å²) in [6, 6.07) is 8.27. The van der Waals surface area contributed by atoms with Crippen molar-refractivity contribution in [2.24, 2.45) is 0 Å². The maximum absolute atomic E-state index is 11.6. The molecular weight excluding hydrogens is 316 g/mol. The van der Waals surface area contributed by atoms with Gasteiger partial charge in [0.05, 0.1) is 19.6 Å². The van der Waals surface area contributed by atoms with E-state index in [1.807, 2.05) is 32.9 Å². The zero-order valence-corrected chi connectivity index (χ0v) is 16.9. The largest absolute Gasteiger partial charge is 0.460 e. The van der Waals surface area contributed by atoms with Crippen LogP contribution in [0.4, 0.5) is 0 Å². The molecule has 1 rings (SSSR count). The van der Waals surface area contributed by atoms with Gasteiger partial charge in [-0.15, -0.1) is 5.54 Å². The molecule has 24 heavy (non-hydrogen) atoms. The quantitative estimate of drug-likeness (QED) is 0.335. The number of ether oxygens (including phenoxy) is 2. The first-order valence-corrected chi connectivity index (χ1v) is 12.0. The van der Waals surface area contributed by atoms with Gasteiger partial charge in [-0.2, -0.15) is 0 Å². The molecule has 0 radical (unpaired) electrons. The van der Waals surface area contributed by atoms with Crippen molar-refractivity contribution in [1.29, 1.82) is 0 Å². The number of hydrogen-bond donors (Lipinski definition) is 0. The Labute approximate surface area is 147 Å². The predicted octanol–water partition coefficient (Wildman–Crippen LogP) is 4.21. The summed E-state index contributed by atoms with van der Waals surface area (Å²) in [5, 5.41) is 0. The molecule has 0 saturated heterocycles. The van der Waals surface area contributed by atoms with Crippen LogP contribution in [0, 0.1) is 11.5 Å². The second kappa shape index (κ2) is 9.05. The molecule has 0 N–H and O–H groups in total. The minimum absolute atomic E-state index is 0.217. The summed E-state index contributed by atoms with van der Waals surface area (Å²) in [5.74, 6) is 3.06. The molecule has 0 amide bonds. The minimum atomic E-state index is -1.35. The molecule has 0 atom stereocenters. The third-order valence-corrected chi connectivity index (χ3v) is 3.79. The van der Waals surface area contributed by atoms with Gasteiger partial charge >= 0.3 is 5.97 Å². The van der Waals surface area contributed by atoms with Gasteiger partial charge in [0, 0.05) is 5.56 Å². The standard InChI is InChI=1S/C20H30O3Si/c1-20(2,3)23-19(21)11-14-22-13-10-17-8-7-9-18(16-17)12-15-24(4,5)6/h7-9,16H,10-11,13-14H2,1-6H3. The van der Waals surface area contributed by atoms with Crippen LogP contribution >= 0.6 is 0 Å². The highest BCUT2D eigenvalue weighted by atomic mass is 28.3. The van der Waals surface area contributed by atoms with Crippen molar-refractivity contribution < 1.29 is 14.3 Å². The molecule has 0 aromatic heterocycles. The first kappa shape index (κ1) is 20.5. The molecule has 0 aliphatic rings. The lowest BCUT2D eigenvalue weighted by Gasteiger charge is -2.19. The predicted molar refractivity (Wildman–Crippen MR) is 102 cm³/mol. The van der Waals surface area contributed by atoms with E-state index in [2.05, 4.69) is 43.2 Å². The Kier molecular flexibility index (Phi) is 7.72. The fourth-order valence-corrected chi connectivity index (χ4v) is 2.42. The van der Waals surface area contributed by atoms with E-state index in [1.165, 1.54) is 5.56 Å². The molecule has 132 valence electrons. The van der Waals surface area contributed by atoms with Gasteiger partial charge in [-0.3, -0.25) is 4.79 Å². The first-order valence-electron chi connectivity index (χ1n) is 8.47. The lowest BCUT2D eigenvalue weighted by Crippen LogP contribution is -2.24. The van der Waals surface area contributed by atoms with Gasteiger partial charge in [0.2, 0.25) is 0 Å². The lowest BCUT2D eigenvalue weighted by atomic mass is 10.1. The number of hydrogen-bond acceptors (Lipinski definition) is 3. The summed E-state index contributed by atoms with van der Waals surface area (Å²) in [4.78, 5) is 11.6. The Balaban J connectivity index is 2.35. The third kappa shape index (κ3) is 10.2. The molecule has 1 aromatic rings. The van der Waals surface area contributed by atoms with Crippen molar-refractivity contribution in [3.05, 3.63) is 35.4 Å². The highest BCUT2D eigenvalue weighted by Crippen LogP contribution is 2.09. The smallest absolute Gasteiger partial charge is 0.308 e. The summed E-state index contributed by atoms with van der Waals surface area (Å²) in [7, 11) is -1.35. The average molecular weight is 347 g/mol. The van der Waals surface area contributed by atoms with Crippen LogP contribution in [0.15, 0.2) is 24.3 Å². The molecule has 0 heterocycles. The van der Waals surface area contributed by atoms with Crippen LogP contribution < -0.4 is 0 Å². The second-order valence-electron chi connectivity index (χ2n) is 7.90. The Morgan fingerprint density at radius 3 is 2.50 bits per heavy atom. The van der Waals surface area contributed by atoms with Crippen LogP contribution in [0.2, 0.25) is 19.6 Å². The molecule has 0 fully saturated rings. The van der Waals surface area contributed by atoms with Gasteiger partial charge in [0.25, 0.3) is 0 Å². The number of esters is 1. The van der Waals surface area contributed by atoms with Gasteiger partial charge in [0.15, 0.2) is 0 Å². The molecule has 1 aromatic carbocycles. The number of carbonyl (C=O) groups is 1. The van der Waals surface area contributed by atoms with Crippen LogP contribution in [0.5, 0.6) is 0 Å². The van der Waals surface area contributed by atoms with E-state index >= 15 is 0 Å². The zero-order valence-electron chi connectivity index (χ0n) is 15.9. The topological polar surface area (TPSA) is 35.5 Å². The summed E-state index contributed by atoms with van der Waals surface area (Å²) in [6.45, 7) is 13.3. The molecule has 0 aliphatic carbocycles. The summed E-state index contributed by atoms with van der Waals surface area (Å²) in [6.07, 6.45) is 1.11. The SMILES string of the molecule is CC(C)(C)OC(=O)CCOCCc1cccc(C#C[Si](C)(C)C)c1. The Morgan fingerprint density at radius 2 is 1.88 bits per heavy atom. The summed E-state index contributed by atoms with van der Waals surface area (Å²) < 4.78 is 10.8. The van der Waals surface area contributed by atoms with E-state index in [0.717, 1.165) is 12.0 Å². The number of carbonyl (C=O) groups excluding carboxylic acids is 1. The zero-order chi connectivity index (χ0) is 18.2. The van der Waals surface area contributed by atoms with E-state index in [0.29, 0.717) is 19.6 Å². The monoisotopic (exact) mass is 346 g/mol. The molecular formula is C20H30O3Si. The highest BCUT2D eigenvalue weighted by molar-refractivity contribution is 6.83. The molecule has 4 heteroatoms. The second-order valence-corrected chi connectivity index (χ2v) is 12.6. The van der Waals surface area contributed by atoms with Gasteiger partial charge in [0.1, 0.15) is 13.7 Å². The van der Waals surface area contributed by atoms with Crippen molar-refractivity contribution in [1.82, 2.24) is 0 Å². The Morgan fingerprint density at radius 1 is 1.17 bits per heavy atom. The molecule has 0 spiro atoms. The molecule has 0 saturated carbocycles. The van der Waals surface area contributed by atoms with Gasteiger partial charge < -0.3 is 9.47 Å².